The van der Waals surface area contributed by atoms with Gasteiger partial charge in [-0.15, -0.1) is 0 Å². The van der Waals surface area contributed by atoms with Crippen molar-refractivity contribution in [2.75, 3.05) is 0 Å². The Morgan fingerprint density at radius 2 is 1.94 bits per heavy atom. The zero-order valence-electron chi connectivity index (χ0n) is 9.66. The van der Waals surface area contributed by atoms with E-state index in [-0.39, 0.29) is 5.56 Å². The summed E-state index contributed by atoms with van der Waals surface area (Å²) in [6.07, 6.45) is 0.864. The molecule has 0 amide bonds. The Hall–Kier alpha value is -1.77. The molecule has 1 aromatic heterocycles. The predicted octanol–water partition coefficient (Wildman–Crippen LogP) is 2.10. The summed E-state index contributed by atoms with van der Waals surface area (Å²) in [6.45, 7) is 4.53. The van der Waals surface area contributed by atoms with Gasteiger partial charge in [0.15, 0.2) is 0 Å². The van der Waals surface area contributed by atoms with Crippen molar-refractivity contribution in [2.45, 2.75) is 26.8 Å². The van der Waals surface area contributed by atoms with E-state index in [1.165, 1.54) is 0 Å². The lowest BCUT2D eigenvalue weighted by Gasteiger charge is -2.01. The van der Waals surface area contributed by atoms with Crippen LogP contribution in [0, 0.1) is 6.92 Å². The summed E-state index contributed by atoms with van der Waals surface area (Å²) in [5, 5.41) is 3.15. The molecule has 1 aromatic carbocycles. The molecule has 0 aliphatic carbocycles. The fourth-order valence-electron chi connectivity index (χ4n) is 1.85. The molecule has 16 heavy (non-hydrogen) atoms. The number of benzene rings is 1. The van der Waals surface area contributed by atoms with Crippen LogP contribution in [0.5, 0.6) is 0 Å². The van der Waals surface area contributed by atoms with Crippen LogP contribution < -0.4 is 5.56 Å². The molecule has 0 spiro atoms. The number of aromatic nitrogens is 2. The van der Waals surface area contributed by atoms with Crippen molar-refractivity contribution in [3.63, 3.8) is 0 Å². The molecule has 2 aromatic rings. The van der Waals surface area contributed by atoms with Crippen LogP contribution in [-0.2, 0) is 13.0 Å². The standard InChI is InChI=1S/C13H16N2O/c1-3-12-10(2)13(16)15(14-12)9-11-7-5-4-6-8-11/h4-8,14H,3,9H2,1-2H3. The number of hydrogen-bond donors (Lipinski definition) is 1. The Labute approximate surface area is 94.7 Å². The molecule has 0 saturated heterocycles. The summed E-state index contributed by atoms with van der Waals surface area (Å²) < 4.78 is 1.67. The third-order valence-electron chi connectivity index (χ3n) is 2.83. The highest BCUT2D eigenvalue weighted by atomic mass is 16.1. The fourth-order valence-corrected chi connectivity index (χ4v) is 1.85. The van der Waals surface area contributed by atoms with Crippen LogP contribution in [0.4, 0.5) is 0 Å². The first-order valence-electron chi connectivity index (χ1n) is 5.54. The van der Waals surface area contributed by atoms with Gasteiger partial charge in [-0.2, -0.15) is 0 Å². The number of aryl methyl sites for hydroxylation is 1. The van der Waals surface area contributed by atoms with Crippen molar-refractivity contribution < 1.29 is 0 Å². The highest BCUT2D eigenvalue weighted by molar-refractivity contribution is 5.18. The van der Waals surface area contributed by atoms with Crippen molar-refractivity contribution in [3.05, 3.63) is 57.5 Å². The van der Waals surface area contributed by atoms with E-state index >= 15 is 0 Å². The molecule has 1 heterocycles. The third-order valence-corrected chi connectivity index (χ3v) is 2.83. The summed E-state index contributed by atoms with van der Waals surface area (Å²) in [4.78, 5) is 11.9. The van der Waals surface area contributed by atoms with Crippen LogP contribution in [-0.4, -0.2) is 9.78 Å². The van der Waals surface area contributed by atoms with Gasteiger partial charge in [0.2, 0.25) is 0 Å². The van der Waals surface area contributed by atoms with Gasteiger partial charge in [-0.25, -0.2) is 4.68 Å². The molecular formula is C13H16N2O. The Bertz CT molecular complexity index is 523. The molecule has 0 aliphatic rings. The van der Waals surface area contributed by atoms with E-state index in [1.807, 2.05) is 44.2 Å². The average molecular weight is 216 g/mol. The maximum atomic E-state index is 11.9. The molecule has 1 N–H and O–H groups in total. The molecule has 0 aliphatic heterocycles. The normalized spacial score (nSPS) is 10.6. The third kappa shape index (κ3) is 1.94. The first kappa shape index (κ1) is 10.7. The molecular weight excluding hydrogens is 200 g/mol. The minimum atomic E-state index is 0.0840. The number of aromatic amines is 1. The second-order valence-electron chi connectivity index (χ2n) is 3.95. The van der Waals surface area contributed by atoms with Gasteiger partial charge in [-0.1, -0.05) is 37.3 Å². The van der Waals surface area contributed by atoms with Gasteiger partial charge in [0, 0.05) is 11.3 Å². The van der Waals surface area contributed by atoms with Crippen LogP contribution in [0.3, 0.4) is 0 Å². The Morgan fingerprint density at radius 3 is 2.50 bits per heavy atom. The van der Waals surface area contributed by atoms with E-state index < -0.39 is 0 Å². The van der Waals surface area contributed by atoms with E-state index in [1.54, 1.807) is 4.68 Å². The second kappa shape index (κ2) is 4.39. The Kier molecular flexibility index (Phi) is 2.95. The number of nitrogens with one attached hydrogen (secondary N) is 1. The van der Waals surface area contributed by atoms with Crippen LogP contribution in [0.25, 0.3) is 0 Å². The van der Waals surface area contributed by atoms with Gasteiger partial charge in [-0.05, 0) is 18.9 Å². The summed E-state index contributed by atoms with van der Waals surface area (Å²) in [6, 6.07) is 9.99. The molecule has 2 rings (SSSR count). The Balaban J connectivity index is 2.33. The van der Waals surface area contributed by atoms with Crippen molar-refractivity contribution >= 4 is 0 Å². The average Bonchev–Trinajstić information content (AvgIpc) is 2.58. The maximum absolute atomic E-state index is 11.9. The minimum Gasteiger partial charge on any atom is -0.299 e. The van der Waals surface area contributed by atoms with E-state index in [4.69, 9.17) is 0 Å². The Morgan fingerprint density at radius 1 is 1.25 bits per heavy atom. The van der Waals surface area contributed by atoms with E-state index in [9.17, 15) is 4.79 Å². The minimum absolute atomic E-state index is 0.0840. The molecule has 0 bridgehead atoms. The summed E-state index contributed by atoms with van der Waals surface area (Å²) in [5.41, 5.74) is 3.08. The smallest absolute Gasteiger partial charge is 0.269 e. The molecule has 0 atom stereocenters. The van der Waals surface area contributed by atoms with Crippen LogP contribution in [0.1, 0.15) is 23.7 Å². The van der Waals surface area contributed by atoms with E-state index in [0.29, 0.717) is 6.54 Å². The van der Waals surface area contributed by atoms with Crippen molar-refractivity contribution in [1.29, 1.82) is 0 Å². The number of nitrogens with zero attached hydrogens (tertiary/aromatic N) is 1. The van der Waals surface area contributed by atoms with Crippen LogP contribution in [0.2, 0.25) is 0 Å². The monoisotopic (exact) mass is 216 g/mol. The second-order valence-corrected chi connectivity index (χ2v) is 3.95. The summed E-state index contributed by atoms with van der Waals surface area (Å²) >= 11 is 0. The zero-order chi connectivity index (χ0) is 11.5. The first-order valence-corrected chi connectivity index (χ1v) is 5.54. The maximum Gasteiger partial charge on any atom is 0.269 e. The van der Waals surface area contributed by atoms with Gasteiger partial charge in [0.1, 0.15) is 0 Å². The molecule has 3 heteroatoms. The van der Waals surface area contributed by atoms with Gasteiger partial charge in [0.25, 0.3) is 5.56 Å². The lowest BCUT2D eigenvalue weighted by molar-refractivity contribution is 0.652. The topological polar surface area (TPSA) is 37.8 Å². The van der Waals surface area contributed by atoms with Gasteiger partial charge >= 0.3 is 0 Å². The lowest BCUT2D eigenvalue weighted by atomic mass is 10.2. The van der Waals surface area contributed by atoms with Crippen molar-refractivity contribution in [1.82, 2.24) is 9.78 Å². The van der Waals surface area contributed by atoms with E-state index in [0.717, 1.165) is 23.2 Å². The first-order chi connectivity index (χ1) is 7.72. The zero-order valence-corrected chi connectivity index (χ0v) is 9.66. The number of hydrogen-bond acceptors (Lipinski definition) is 1. The van der Waals surface area contributed by atoms with E-state index in [2.05, 4.69) is 5.10 Å². The summed E-state index contributed by atoms with van der Waals surface area (Å²) in [5.74, 6) is 0. The predicted molar refractivity (Wildman–Crippen MR) is 64.7 cm³/mol. The fraction of sp³-hybridized carbons (Fsp3) is 0.308. The van der Waals surface area contributed by atoms with Crippen LogP contribution >= 0.6 is 0 Å². The number of H-pyrrole nitrogens is 1. The molecule has 84 valence electrons. The lowest BCUT2D eigenvalue weighted by Crippen LogP contribution is -2.18. The molecule has 0 unspecified atom stereocenters. The molecule has 0 radical (unpaired) electrons. The number of rotatable bonds is 3. The van der Waals surface area contributed by atoms with Gasteiger partial charge in [0.05, 0.1) is 6.54 Å². The largest absolute Gasteiger partial charge is 0.299 e. The van der Waals surface area contributed by atoms with Gasteiger partial charge < -0.3 is 0 Å². The highest BCUT2D eigenvalue weighted by Crippen LogP contribution is 2.03. The highest BCUT2D eigenvalue weighted by Gasteiger charge is 2.07. The summed E-state index contributed by atoms with van der Waals surface area (Å²) in [7, 11) is 0. The molecule has 0 saturated carbocycles. The SMILES string of the molecule is CCc1[nH]n(Cc2ccccc2)c(=O)c1C. The van der Waals surface area contributed by atoms with Crippen LogP contribution in [0.15, 0.2) is 35.1 Å². The van der Waals surface area contributed by atoms with Crippen molar-refractivity contribution in [2.24, 2.45) is 0 Å². The quantitative estimate of drug-likeness (QED) is 0.838. The molecule has 3 nitrogen and oxygen atoms in total. The van der Waals surface area contributed by atoms with Gasteiger partial charge in [-0.3, -0.25) is 9.89 Å². The molecule has 0 fully saturated rings. The van der Waals surface area contributed by atoms with Crippen molar-refractivity contribution in [3.8, 4) is 0 Å².